The Morgan fingerprint density at radius 2 is 2.13 bits per heavy atom. The topological polar surface area (TPSA) is 61.4 Å². The van der Waals surface area contributed by atoms with E-state index in [1.165, 1.54) is 13.3 Å². The van der Waals surface area contributed by atoms with Crippen molar-refractivity contribution in [3.05, 3.63) is 29.8 Å². The molecule has 2 N–H and O–H groups in total. The minimum absolute atomic E-state index is 0. The van der Waals surface area contributed by atoms with Crippen molar-refractivity contribution in [2.45, 2.75) is 26.2 Å². The quantitative estimate of drug-likeness (QED) is 0.816. The van der Waals surface area contributed by atoms with Gasteiger partial charge in [0.05, 0.1) is 0 Å². The van der Waals surface area contributed by atoms with E-state index in [1.807, 2.05) is 11.0 Å². The lowest BCUT2D eigenvalue weighted by Crippen LogP contribution is -2.48. The highest BCUT2D eigenvalue weighted by molar-refractivity contribution is 5.96. The number of ketones is 1. The van der Waals surface area contributed by atoms with E-state index in [9.17, 15) is 9.59 Å². The predicted molar refractivity (Wildman–Crippen MR) is 93.4 cm³/mol. The van der Waals surface area contributed by atoms with Gasteiger partial charge in [0.15, 0.2) is 5.78 Å². The highest BCUT2D eigenvalue weighted by atomic mass is 35.5. The van der Waals surface area contributed by atoms with Crippen LogP contribution in [0.1, 0.15) is 36.5 Å². The fourth-order valence-electron chi connectivity index (χ4n) is 3.54. The number of benzene rings is 1. The maximum Gasteiger partial charge on any atom is 0.321 e. The van der Waals surface area contributed by atoms with Crippen molar-refractivity contribution in [1.82, 2.24) is 10.2 Å². The Bertz CT molecular complexity index is 585. The molecule has 0 aliphatic carbocycles. The monoisotopic (exact) mass is 337 g/mol. The van der Waals surface area contributed by atoms with Crippen LogP contribution < -0.4 is 10.6 Å². The van der Waals surface area contributed by atoms with Gasteiger partial charge in [0.2, 0.25) is 0 Å². The zero-order chi connectivity index (χ0) is 15.6. The Balaban J connectivity index is 0.00000192. The number of nitrogens with zero attached hydrogens (tertiary/aromatic N) is 1. The molecule has 0 radical (unpaired) electrons. The average Bonchev–Trinajstić information content (AvgIpc) is 2.95. The number of halogens is 1. The summed E-state index contributed by atoms with van der Waals surface area (Å²) in [5.74, 6) is 0.00468. The summed E-state index contributed by atoms with van der Waals surface area (Å²) in [6.07, 6.45) is 3.41. The molecular formula is C17H24ClN3O2. The second kappa shape index (κ2) is 7.32. The second-order valence-electron chi connectivity index (χ2n) is 6.52. The highest BCUT2D eigenvalue weighted by Crippen LogP contribution is 2.35. The molecule has 2 heterocycles. The molecule has 2 fully saturated rings. The summed E-state index contributed by atoms with van der Waals surface area (Å²) in [7, 11) is 0. The van der Waals surface area contributed by atoms with Gasteiger partial charge in [0, 0.05) is 36.3 Å². The minimum Gasteiger partial charge on any atom is -0.324 e. The Morgan fingerprint density at radius 1 is 1.30 bits per heavy atom. The van der Waals surface area contributed by atoms with Crippen molar-refractivity contribution in [1.29, 1.82) is 0 Å². The Labute approximate surface area is 143 Å². The first-order valence-corrected chi connectivity index (χ1v) is 7.96. The fourth-order valence-corrected chi connectivity index (χ4v) is 3.54. The molecule has 5 nitrogen and oxygen atoms in total. The fraction of sp³-hybridized carbons (Fsp3) is 0.529. The van der Waals surface area contributed by atoms with Crippen LogP contribution in [0.2, 0.25) is 0 Å². The largest absolute Gasteiger partial charge is 0.324 e. The van der Waals surface area contributed by atoms with Gasteiger partial charge in [-0.25, -0.2) is 4.79 Å². The zero-order valence-corrected chi connectivity index (χ0v) is 14.2. The van der Waals surface area contributed by atoms with Gasteiger partial charge in [-0.2, -0.15) is 0 Å². The van der Waals surface area contributed by atoms with E-state index >= 15 is 0 Å². The first-order chi connectivity index (χ1) is 10.6. The standard InChI is InChI=1S/C17H23N3O2.ClH/c1-13(21)14-4-2-5-15(10-14)19-16(22)20-9-3-6-17(12-20)7-8-18-11-17;/h2,4-5,10,18H,3,6-9,11-12H2,1H3,(H,19,22);1H. The maximum atomic E-state index is 12.5. The molecule has 2 amide bonds. The summed E-state index contributed by atoms with van der Waals surface area (Å²) in [4.78, 5) is 25.8. The summed E-state index contributed by atoms with van der Waals surface area (Å²) < 4.78 is 0. The predicted octanol–water partition coefficient (Wildman–Crippen LogP) is 2.92. The minimum atomic E-state index is -0.0633. The Kier molecular flexibility index (Phi) is 5.65. The van der Waals surface area contributed by atoms with E-state index in [0.717, 1.165) is 39.0 Å². The van der Waals surface area contributed by atoms with E-state index in [-0.39, 0.29) is 29.6 Å². The lowest BCUT2D eigenvalue weighted by Gasteiger charge is -2.39. The average molecular weight is 338 g/mol. The van der Waals surface area contributed by atoms with Gasteiger partial charge in [-0.1, -0.05) is 12.1 Å². The van der Waals surface area contributed by atoms with Crippen molar-refractivity contribution < 1.29 is 9.59 Å². The van der Waals surface area contributed by atoms with Crippen molar-refractivity contribution in [3.63, 3.8) is 0 Å². The van der Waals surface area contributed by atoms with Crippen LogP contribution in [0, 0.1) is 5.41 Å². The first-order valence-electron chi connectivity index (χ1n) is 7.96. The molecule has 2 aliphatic heterocycles. The Hall–Kier alpha value is -1.59. The molecule has 23 heavy (non-hydrogen) atoms. The molecule has 126 valence electrons. The summed E-state index contributed by atoms with van der Waals surface area (Å²) in [6, 6.07) is 7.05. The maximum absolute atomic E-state index is 12.5. The molecule has 0 bridgehead atoms. The molecular weight excluding hydrogens is 314 g/mol. The SMILES string of the molecule is CC(=O)c1cccc(NC(=O)N2CCCC3(CCNC3)C2)c1.Cl. The zero-order valence-electron chi connectivity index (χ0n) is 13.4. The van der Waals surface area contributed by atoms with Gasteiger partial charge in [0.25, 0.3) is 0 Å². The Morgan fingerprint density at radius 3 is 2.83 bits per heavy atom. The number of urea groups is 1. The molecule has 1 atom stereocenters. The number of hydrogen-bond acceptors (Lipinski definition) is 3. The van der Waals surface area contributed by atoms with Gasteiger partial charge in [0.1, 0.15) is 0 Å². The molecule has 2 aliphatic rings. The summed E-state index contributed by atoms with van der Waals surface area (Å²) in [5.41, 5.74) is 1.56. The number of carbonyl (C=O) groups excluding carboxylic acids is 2. The number of nitrogens with one attached hydrogen (secondary N) is 2. The van der Waals surface area contributed by atoms with Gasteiger partial charge in [-0.15, -0.1) is 12.4 Å². The lowest BCUT2D eigenvalue weighted by molar-refractivity contribution is 0.101. The van der Waals surface area contributed by atoms with Crippen LogP contribution in [0.5, 0.6) is 0 Å². The first kappa shape index (κ1) is 17.8. The number of likely N-dealkylation sites (tertiary alicyclic amines) is 1. The van der Waals surface area contributed by atoms with Crippen LogP contribution in [-0.2, 0) is 0 Å². The number of rotatable bonds is 2. The van der Waals surface area contributed by atoms with Gasteiger partial charge < -0.3 is 15.5 Å². The van der Waals surface area contributed by atoms with Crippen molar-refractivity contribution in [2.24, 2.45) is 5.41 Å². The summed E-state index contributed by atoms with van der Waals surface area (Å²) in [5, 5.41) is 6.34. The van der Waals surface area contributed by atoms with Gasteiger partial charge in [-0.3, -0.25) is 4.79 Å². The molecule has 2 saturated heterocycles. The summed E-state index contributed by atoms with van der Waals surface area (Å²) in [6.45, 7) is 5.22. The number of piperidine rings is 1. The van der Waals surface area contributed by atoms with E-state index in [0.29, 0.717) is 11.3 Å². The molecule has 0 saturated carbocycles. The van der Waals surface area contributed by atoms with Gasteiger partial charge >= 0.3 is 6.03 Å². The molecule has 1 spiro atoms. The number of amides is 2. The molecule has 1 aromatic carbocycles. The van der Waals surface area contributed by atoms with Crippen molar-refractivity contribution in [3.8, 4) is 0 Å². The van der Waals surface area contributed by atoms with E-state index in [1.54, 1.807) is 18.2 Å². The molecule has 1 aromatic rings. The number of anilines is 1. The summed E-state index contributed by atoms with van der Waals surface area (Å²) >= 11 is 0. The highest BCUT2D eigenvalue weighted by Gasteiger charge is 2.39. The van der Waals surface area contributed by atoms with Crippen LogP contribution >= 0.6 is 12.4 Å². The lowest BCUT2D eigenvalue weighted by atomic mass is 9.79. The van der Waals surface area contributed by atoms with E-state index in [4.69, 9.17) is 0 Å². The van der Waals surface area contributed by atoms with Crippen molar-refractivity contribution >= 4 is 29.9 Å². The second-order valence-corrected chi connectivity index (χ2v) is 6.52. The van der Waals surface area contributed by atoms with Crippen LogP contribution in [-0.4, -0.2) is 42.9 Å². The molecule has 6 heteroatoms. The number of hydrogen-bond donors (Lipinski definition) is 2. The van der Waals surface area contributed by atoms with Crippen LogP contribution in [0.25, 0.3) is 0 Å². The van der Waals surface area contributed by atoms with Crippen LogP contribution in [0.3, 0.4) is 0 Å². The van der Waals surface area contributed by atoms with Crippen molar-refractivity contribution in [2.75, 3.05) is 31.5 Å². The number of carbonyl (C=O) groups is 2. The van der Waals surface area contributed by atoms with Crippen LogP contribution in [0.15, 0.2) is 24.3 Å². The van der Waals surface area contributed by atoms with E-state index in [2.05, 4.69) is 10.6 Å². The van der Waals surface area contributed by atoms with E-state index < -0.39 is 0 Å². The normalized spacial score (nSPS) is 23.4. The smallest absolute Gasteiger partial charge is 0.321 e. The molecule has 3 rings (SSSR count). The number of Topliss-reactive ketones (excluding diaryl/α,β-unsaturated/α-hetero) is 1. The van der Waals surface area contributed by atoms with Gasteiger partial charge in [-0.05, 0) is 44.9 Å². The van der Waals surface area contributed by atoms with Crippen LogP contribution in [0.4, 0.5) is 10.5 Å². The third-order valence-electron chi connectivity index (χ3n) is 4.80. The molecule has 1 unspecified atom stereocenters. The third kappa shape index (κ3) is 4.03. The third-order valence-corrected chi connectivity index (χ3v) is 4.80. The molecule has 0 aromatic heterocycles.